The van der Waals surface area contributed by atoms with E-state index in [0.717, 1.165) is 17.2 Å². The van der Waals surface area contributed by atoms with E-state index in [1.165, 1.54) is 12.1 Å². The van der Waals surface area contributed by atoms with E-state index in [-0.39, 0.29) is 18.4 Å². The van der Waals surface area contributed by atoms with Crippen LogP contribution in [-0.2, 0) is 17.4 Å². The van der Waals surface area contributed by atoms with Gasteiger partial charge in [-0.3, -0.25) is 4.79 Å². The maximum atomic E-state index is 12.9. The Morgan fingerprint density at radius 3 is 2.70 bits per heavy atom. The topological polar surface area (TPSA) is 55.8 Å². The Morgan fingerprint density at radius 1 is 1.19 bits per heavy atom. The van der Waals surface area contributed by atoms with Crippen LogP contribution in [-0.4, -0.2) is 17.7 Å². The highest BCUT2D eigenvalue weighted by Crippen LogP contribution is 2.42. The first-order valence-corrected chi connectivity index (χ1v) is 8.66. The maximum Gasteiger partial charge on any atom is 0.416 e. The van der Waals surface area contributed by atoms with Crippen LogP contribution < -0.4 is 9.47 Å². The number of aryl methyl sites for hydroxylation is 1. The van der Waals surface area contributed by atoms with Gasteiger partial charge in [-0.1, -0.05) is 12.1 Å². The minimum absolute atomic E-state index is 0.00471. The van der Waals surface area contributed by atoms with Crippen molar-refractivity contribution < 1.29 is 32.5 Å². The van der Waals surface area contributed by atoms with E-state index < -0.39 is 17.7 Å². The lowest BCUT2D eigenvalue weighted by Gasteiger charge is -2.16. The van der Waals surface area contributed by atoms with Gasteiger partial charge in [-0.2, -0.15) is 13.2 Å². The van der Waals surface area contributed by atoms with Crippen LogP contribution in [0.3, 0.4) is 0 Å². The van der Waals surface area contributed by atoms with Crippen LogP contribution in [0.1, 0.15) is 47.1 Å². The summed E-state index contributed by atoms with van der Waals surface area (Å²) in [6.45, 7) is 0.317. The number of fused-ring (bicyclic) bond motifs is 2. The van der Waals surface area contributed by atoms with Gasteiger partial charge in [0.25, 0.3) is 0 Å². The van der Waals surface area contributed by atoms with Crippen LogP contribution in [0.25, 0.3) is 0 Å². The fourth-order valence-corrected chi connectivity index (χ4v) is 3.75. The van der Waals surface area contributed by atoms with E-state index in [4.69, 9.17) is 14.6 Å². The van der Waals surface area contributed by atoms with Crippen molar-refractivity contribution in [2.24, 2.45) is 0 Å². The Hall–Kier alpha value is -2.70. The van der Waals surface area contributed by atoms with Crippen molar-refractivity contribution in [3.63, 3.8) is 0 Å². The van der Waals surface area contributed by atoms with Gasteiger partial charge in [-0.05, 0) is 42.2 Å². The van der Waals surface area contributed by atoms with Crippen LogP contribution >= 0.6 is 0 Å². The van der Waals surface area contributed by atoms with Crippen molar-refractivity contribution in [1.29, 1.82) is 0 Å². The Balaban J connectivity index is 1.51. The van der Waals surface area contributed by atoms with Crippen LogP contribution in [0.5, 0.6) is 11.5 Å². The number of hydrogen-bond donors (Lipinski definition) is 1. The number of rotatable bonds is 4. The van der Waals surface area contributed by atoms with Crippen molar-refractivity contribution in [2.45, 2.75) is 37.5 Å². The second kappa shape index (κ2) is 6.48. The normalized spacial score (nSPS) is 20.7. The lowest BCUT2D eigenvalue weighted by atomic mass is 9.98. The molecular formula is C20H17F3O4. The molecule has 2 aromatic rings. The molecule has 142 valence electrons. The lowest BCUT2D eigenvalue weighted by molar-refractivity contribution is -0.138. The predicted octanol–water partition coefficient (Wildman–Crippen LogP) is 4.72. The fourth-order valence-electron chi connectivity index (χ4n) is 3.75. The van der Waals surface area contributed by atoms with Gasteiger partial charge in [0, 0.05) is 17.5 Å². The van der Waals surface area contributed by atoms with Gasteiger partial charge in [0.15, 0.2) is 0 Å². The molecular weight excluding hydrogens is 361 g/mol. The van der Waals surface area contributed by atoms with Crippen LogP contribution in [0, 0.1) is 0 Å². The highest BCUT2D eigenvalue weighted by Gasteiger charge is 2.33. The molecule has 0 aromatic heterocycles. The van der Waals surface area contributed by atoms with Gasteiger partial charge < -0.3 is 14.6 Å². The van der Waals surface area contributed by atoms with Gasteiger partial charge >= 0.3 is 12.1 Å². The van der Waals surface area contributed by atoms with E-state index in [1.807, 2.05) is 0 Å². The molecule has 1 heterocycles. The Kier molecular flexibility index (Phi) is 4.25. The Morgan fingerprint density at radius 2 is 1.96 bits per heavy atom. The highest BCUT2D eigenvalue weighted by atomic mass is 19.4. The van der Waals surface area contributed by atoms with Gasteiger partial charge in [0.05, 0.1) is 18.6 Å². The summed E-state index contributed by atoms with van der Waals surface area (Å²) in [4.78, 5) is 10.9. The van der Waals surface area contributed by atoms with E-state index >= 15 is 0 Å². The van der Waals surface area contributed by atoms with Gasteiger partial charge in [0.2, 0.25) is 0 Å². The predicted molar refractivity (Wildman–Crippen MR) is 90.1 cm³/mol. The molecule has 0 radical (unpaired) electrons. The van der Waals surface area contributed by atoms with E-state index in [2.05, 4.69) is 0 Å². The minimum atomic E-state index is -4.35. The molecule has 27 heavy (non-hydrogen) atoms. The molecule has 2 aliphatic rings. The zero-order chi connectivity index (χ0) is 19.2. The first-order chi connectivity index (χ1) is 12.8. The number of halogens is 3. The van der Waals surface area contributed by atoms with Crippen molar-refractivity contribution in [1.82, 2.24) is 0 Å². The van der Waals surface area contributed by atoms with Crippen molar-refractivity contribution >= 4 is 5.97 Å². The average molecular weight is 378 g/mol. The van der Waals surface area contributed by atoms with Gasteiger partial charge in [-0.25, -0.2) is 0 Å². The molecule has 1 N–H and O–H groups in total. The highest BCUT2D eigenvalue weighted by molar-refractivity contribution is 5.68. The van der Waals surface area contributed by atoms with E-state index in [0.29, 0.717) is 36.5 Å². The third-order valence-electron chi connectivity index (χ3n) is 5.06. The molecule has 7 heteroatoms. The summed E-state index contributed by atoms with van der Waals surface area (Å²) >= 11 is 0. The average Bonchev–Trinajstić information content (AvgIpc) is 3.18. The molecule has 2 aromatic carbocycles. The number of benzene rings is 2. The molecule has 2 atom stereocenters. The van der Waals surface area contributed by atoms with Gasteiger partial charge in [0.1, 0.15) is 17.6 Å². The summed E-state index contributed by atoms with van der Waals surface area (Å²) in [5.74, 6) is 0.101. The summed E-state index contributed by atoms with van der Waals surface area (Å²) in [6.07, 6.45) is -3.51. The summed E-state index contributed by atoms with van der Waals surface area (Å²) in [6, 6.07) is 9.05. The largest absolute Gasteiger partial charge is 0.492 e. The van der Waals surface area contributed by atoms with Crippen molar-refractivity contribution in [2.75, 3.05) is 6.61 Å². The van der Waals surface area contributed by atoms with Gasteiger partial charge in [-0.15, -0.1) is 0 Å². The van der Waals surface area contributed by atoms with Crippen LogP contribution in [0.15, 0.2) is 36.4 Å². The third-order valence-corrected chi connectivity index (χ3v) is 5.06. The third kappa shape index (κ3) is 3.46. The molecule has 0 saturated carbocycles. The van der Waals surface area contributed by atoms with Crippen LogP contribution in [0.4, 0.5) is 13.2 Å². The van der Waals surface area contributed by atoms with E-state index in [1.54, 1.807) is 18.2 Å². The number of hydrogen-bond acceptors (Lipinski definition) is 3. The number of ether oxygens (including phenoxy) is 2. The molecule has 1 aliphatic heterocycles. The minimum Gasteiger partial charge on any atom is -0.492 e. The number of carbonyl (C=O) groups is 1. The molecule has 4 nitrogen and oxygen atoms in total. The smallest absolute Gasteiger partial charge is 0.416 e. The van der Waals surface area contributed by atoms with E-state index in [9.17, 15) is 18.0 Å². The lowest BCUT2D eigenvalue weighted by Crippen LogP contribution is -2.07. The summed E-state index contributed by atoms with van der Waals surface area (Å²) in [5.41, 5.74) is 1.63. The molecule has 1 aliphatic carbocycles. The fraction of sp³-hybridized carbons (Fsp3) is 0.350. The first kappa shape index (κ1) is 17.7. The molecule has 0 fully saturated rings. The first-order valence-electron chi connectivity index (χ1n) is 8.66. The number of alkyl halides is 3. The summed E-state index contributed by atoms with van der Waals surface area (Å²) < 4.78 is 50.1. The second-order valence-corrected chi connectivity index (χ2v) is 6.86. The SMILES string of the molecule is O=C(O)CC1COc2cc(OC3CCc4cc(C(F)(F)F)ccc43)ccc21. The van der Waals surface area contributed by atoms with Crippen LogP contribution in [0.2, 0.25) is 0 Å². The Labute approximate surface area is 153 Å². The molecule has 0 saturated heterocycles. The number of carboxylic acids is 1. The number of aliphatic carboxylic acids is 1. The molecule has 2 unspecified atom stereocenters. The number of carboxylic acid groups (broad SMARTS) is 1. The molecule has 4 rings (SSSR count). The zero-order valence-electron chi connectivity index (χ0n) is 14.3. The standard InChI is InChI=1S/C20H17F3O4/c21-20(22,23)13-2-4-15-11(7-13)1-6-17(15)27-14-3-5-16-12(8-19(24)25)10-26-18(16)9-14/h2-5,7,9,12,17H,1,6,8,10H2,(H,24,25). The quantitative estimate of drug-likeness (QED) is 0.836. The molecule has 0 bridgehead atoms. The maximum absolute atomic E-state index is 12.9. The van der Waals surface area contributed by atoms with Crippen molar-refractivity contribution in [3.05, 3.63) is 58.7 Å². The molecule has 0 spiro atoms. The zero-order valence-corrected chi connectivity index (χ0v) is 14.3. The summed E-state index contributed by atoms with van der Waals surface area (Å²) in [7, 11) is 0. The monoisotopic (exact) mass is 378 g/mol. The Bertz CT molecular complexity index is 891. The van der Waals surface area contributed by atoms with Crippen molar-refractivity contribution in [3.8, 4) is 11.5 Å². The molecule has 0 amide bonds. The second-order valence-electron chi connectivity index (χ2n) is 6.86. The summed E-state index contributed by atoms with van der Waals surface area (Å²) in [5, 5.41) is 8.96.